The van der Waals surface area contributed by atoms with Gasteiger partial charge in [-0.1, -0.05) is 133 Å². The van der Waals surface area contributed by atoms with Gasteiger partial charge in [-0.05, 0) is 124 Å². The van der Waals surface area contributed by atoms with Crippen molar-refractivity contribution in [2.75, 3.05) is 0 Å². The van der Waals surface area contributed by atoms with Crippen LogP contribution in [0.1, 0.15) is 22.3 Å². The second-order valence-corrected chi connectivity index (χ2v) is 14.5. The molecule has 10 aromatic rings. The molecule has 2 heterocycles. The highest BCUT2D eigenvalue weighted by Gasteiger charge is 2.50. The summed E-state index contributed by atoms with van der Waals surface area (Å²) >= 11 is 0. The van der Waals surface area contributed by atoms with Gasteiger partial charge in [-0.15, -0.1) is 0 Å². The summed E-state index contributed by atoms with van der Waals surface area (Å²) in [4.78, 5) is 9.25. The number of hydrogen-bond acceptors (Lipinski definition) is 2. The molecule has 12 rings (SSSR count). The lowest BCUT2D eigenvalue weighted by atomic mass is 9.65. The zero-order valence-electron chi connectivity index (χ0n) is 28.7. The fraction of sp³-hybridized carbons (Fsp3) is 0.0196. The van der Waals surface area contributed by atoms with E-state index < -0.39 is 5.41 Å². The summed E-state index contributed by atoms with van der Waals surface area (Å²) in [7, 11) is 0. The largest absolute Gasteiger partial charge is 0.264 e. The Labute approximate surface area is 307 Å². The van der Waals surface area contributed by atoms with Gasteiger partial charge >= 0.3 is 0 Å². The Hall–Kier alpha value is -6.90. The Morgan fingerprint density at radius 3 is 1.81 bits per heavy atom. The molecule has 0 N–H and O–H groups in total. The van der Waals surface area contributed by atoms with Gasteiger partial charge in [0.25, 0.3) is 0 Å². The van der Waals surface area contributed by atoms with Crippen molar-refractivity contribution in [1.29, 1.82) is 0 Å². The second kappa shape index (κ2) is 10.6. The molecule has 2 aromatic heterocycles. The molecule has 0 aliphatic heterocycles. The predicted molar refractivity (Wildman–Crippen MR) is 218 cm³/mol. The van der Waals surface area contributed by atoms with Crippen LogP contribution >= 0.6 is 0 Å². The Bertz CT molecular complexity index is 3090. The highest BCUT2D eigenvalue weighted by molar-refractivity contribution is 6.27. The van der Waals surface area contributed by atoms with E-state index in [-0.39, 0.29) is 0 Å². The Morgan fingerprint density at radius 1 is 0.377 bits per heavy atom. The lowest BCUT2D eigenvalue weighted by Crippen LogP contribution is -2.29. The molecular formula is C51H30N2. The summed E-state index contributed by atoms with van der Waals surface area (Å²) in [5.41, 5.74) is 16.5. The lowest BCUT2D eigenvalue weighted by molar-refractivity contribution is 0.777. The van der Waals surface area contributed by atoms with Crippen LogP contribution in [0.2, 0.25) is 0 Å². The number of rotatable bonds is 2. The molecule has 0 amide bonds. The monoisotopic (exact) mass is 670 g/mol. The molecule has 2 nitrogen and oxygen atoms in total. The first-order valence-corrected chi connectivity index (χ1v) is 18.3. The first-order chi connectivity index (χ1) is 26.3. The number of nitrogens with zero attached hydrogens (tertiary/aromatic N) is 2. The molecule has 2 heteroatoms. The van der Waals surface area contributed by atoms with E-state index >= 15 is 0 Å². The molecule has 1 spiro atoms. The van der Waals surface area contributed by atoms with E-state index in [4.69, 9.17) is 4.98 Å². The average Bonchev–Trinajstić information content (AvgIpc) is 3.47. The number of aromatic nitrogens is 2. The Balaban J connectivity index is 1.23. The van der Waals surface area contributed by atoms with Crippen molar-refractivity contribution in [3.05, 3.63) is 205 Å². The van der Waals surface area contributed by atoms with E-state index in [0.717, 1.165) is 22.4 Å². The van der Waals surface area contributed by atoms with E-state index in [1.165, 1.54) is 88.0 Å². The van der Waals surface area contributed by atoms with E-state index in [2.05, 4.69) is 163 Å². The van der Waals surface area contributed by atoms with Crippen molar-refractivity contribution >= 4 is 32.3 Å². The van der Waals surface area contributed by atoms with Crippen molar-refractivity contribution in [2.45, 2.75) is 5.41 Å². The van der Waals surface area contributed by atoms with Gasteiger partial charge in [0.2, 0.25) is 0 Å². The van der Waals surface area contributed by atoms with Crippen LogP contribution in [0.3, 0.4) is 0 Å². The van der Waals surface area contributed by atoms with Crippen molar-refractivity contribution in [1.82, 2.24) is 9.97 Å². The van der Waals surface area contributed by atoms with Gasteiger partial charge in [-0.25, -0.2) is 0 Å². The number of pyridine rings is 2. The maximum absolute atomic E-state index is 4.93. The topological polar surface area (TPSA) is 25.8 Å². The molecular weight excluding hydrogens is 641 g/mol. The Kier molecular flexibility index (Phi) is 5.73. The fourth-order valence-corrected chi connectivity index (χ4v) is 9.81. The zero-order valence-corrected chi connectivity index (χ0v) is 28.7. The zero-order chi connectivity index (χ0) is 34.7. The molecule has 2 aliphatic rings. The summed E-state index contributed by atoms with van der Waals surface area (Å²) < 4.78 is 0. The Morgan fingerprint density at radius 2 is 1.06 bits per heavy atom. The van der Waals surface area contributed by atoms with Crippen molar-refractivity contribution in [2.24, 2.45) is 0 Å². The van der Waals surface area contributed by atoms with E-state index in [0.29, 0.717) is 0 Å². The standard InChI is InChI=1S/C51H30N2/c1-2-13-38-37(12-1)39-14-3-5-16-43(39)51(45-27-33(21-23-40(38)45)35-22-25-47(53-30-35)36-11-8-26-52-29-36)44-17-6-4-15-41(44)50-42-24-20-32-10-7-9-31-18-19-34(28-46(50)51)49(42)48(31)32/h1-30H. The van der Waals surface area contributed by atoms with E-state index in [1.807, 2.05) is 18.5 Å². The van der Waals surface area contributed by atoms with Crippen LogP contribution in [0.4, 0.5) is 0 Å². The normalized spacial score (nSPS) is 15.2. The van der Waals surface area contributed by atoms with Gasteiger partial charge in [0.1, 0.15) is 0 Å². The summed E-state index contributed by atoms with van der Waals surface area (Å²) in [6, 6.07) is 61.2. The third-order valence-electron chi connectivity index (χ3n) is 12.0. The van der Waals surface area contributed by atoms with Gasteiger partial charge in [0, 0.05) is 29.7 Å². The minimum absolute atomic E-state index is 0.583. The van der Waals surface area contributed by atoms with Crippen LogP contribution in [0.5, 0.6) is 0 Å². The lowest BCUT2D eigenvalue weighted by Gasteiger charge is -2.36. The quantitative estimate of drug-likeness (QED) is 0.171. The first-order valence-electron chi connectivity index (χ1n) is 18.3. The number of fused-ring (bicyclic) bond motifs is 13. The number of benzene rings is 8. The molecule has 0 saturated heterocycles. The molecule has 1 unspecified atom stereocenters. The van der Waals surface area contributed by atoms with Crippen molar-refractivity contribution in [3.63, 3.8) is 0 Å². The van der Waals surface area contributed by atoms with Crippen molar-refractivity contribution < 1.29 is 0 Å². The highest BCUT2D eigenvalue weighted by atomic mass is 14.7. The van der Waals surface area contributed by atoms with Gasteiger partial charge in [0.15, 0.2) is 0 Å². The first kappa shape index (κ1) is 28.8. The second-order valence-electron chi connectivity index (χ2n) is 14.5. The SMILES string of the molecule is c1cncc(-c2ccc(-c3ccc4c(c3)C3(c5ccccc5-c5ccccc5-4)c4ccccc4-c4c3cc3ccc5cccc6ccc4c3c56)cn2)c1. The van der Waals surface area contributed by atoms with Crippen LogP contribution in [0.25, 0.3) is 88.1 Å². The summed E-state index contributed by atoms with van der Waals surface area (Å²) in [5.74, 6) is 0. The minimum atomic E-state index is -0.583. The van der Waals surface area contributed by atoms with E-state index in [9.17, 15) is 0 Å². The van der Waals surface area contributed by atoms with E-state index in [1.54, 1.807) is 6.20 Å². The van der Waals surface area contributed by atoms with Crippen LogP contribution < -0.4 is 0 Å². The summed E-state index contributed by atoms with van der Waals surface area (Å²) in [5, 5.41) is 7.87. The molecule has 0 fully saturated rings. The van der Waals surface area contributed by atoms with Gasteiger partial charge in [-0.2, -0.15) is 0 Å². The smallest absolute Gasteiger partial charge is 0.0726 e. The summed E-state index contributed by atoms with van der Waals surface area (Å²) in [6.07, 6.45) is 5.68. The van der Waals surface area contributed by atoms with Crippen LogP contribution in [-0.2, 0) is 5.41 Å². The molecule has 0 bridgehead atoms. The fourth-order valence-electron chi connectivity index (χ4n) is 9.81. The summed E-state index contributed by atoms with van der Waals surface area (Å²) in [6.45, 7) is 0. The maximum Gasteiger partial charge on any atom is 0.0726 e. The maximum atomic E-state index is 4.93. The molecule has 8 aromatic carbocycles. The molecule has 0 saturated carbocycles. The molecule has 1 atom stereocenters. The van der Waals surface area contributed by atoms with Gasteiger partial charge < -0.3 is 0 Å². The highest BCUT2D eigenvalue weighted by Crippen LogP contribution is 2.63. The average molecular weight is 671 g/mol. The van der Waals surface area contributed by atoms with Crippen molar-refractivity contribution in [3.8, 4) is 55.8 Å². The number of hydrogen-bond donors (Lipinski definition) is 0. The molecule has 2 aliphatic carbocycles. The van der Waals surface area contributed by atoms with Crippen LogP contribution in [0.15, 0.2) is 182 Å². The van der Waals surface area contributed by atoms with Crippen LogP contribution in [-0.4, -0.2) is 9.97 Å². The van der Waals surface area contributed by atoms with Gasteiger partial charge in [0.05, 0.1) is 11.1 Å². The third-order valence-corrected chi connectivity index (χ3v) is 12.0. The molecule has 244 valence electrons. The molecule has 0 radical (unpaired) electrons. The minimum Gasteiger partial charge on any atom is -0.264 e. The third kappa shape index (κ3) is 3.77. The predicted octanol–water partition coefficient (Wildman–Crippen LogP) is 12.7. The van der Waals surface area contributed by atoms with Gasteiger partial charge in [-0.3, -0.25) is 9.97 Å². The molecule has 53 heavy (non-hydrogen) atoms. The van der Waals surface area contributed by atoms with Crippen LogP contribution in [0, 0.1) is 0 Å².